The number of rotatable bonds is 10. The predicted octanol–water partition coefficient (Wildman–Crippen LogP) is 10.3. The zero-order valence-electron chi connectivity index (χ0n) is 24.7. The average Bonchev–Trinajstić information content (AvgIpc) is 3.82. The van der Waals surface area contributed by atoms with Crippen molar-refractivity contribution in [2.75, 3.05) is 36.0 Å². The van der Waals surface area contributed by atoms with Crippen molar-refractivity contribution in [2.24, 2.45) is 0 Å². The van der Waals surface area contributed by atoms with Gasteiger partial charge >= 0.3 is 0 Å². The Balaban J connectivity index is 1.28. The molecule has 2 aromatic heterocycles. The molecule has 0 fully saturated rings. The van der Waals surface area contributed by atoms with Crippen molar-refractivity contribution in [1.82, 2.24) is 8.75 Å². The van der Waals surface area contributed by atoms with Gasteiger partial charge < -0.3 is 9.80 Å². The molecule has 5 aromatic rings. The molecule has 0 radical (unpaired) electrons. The first-order valence-corrected chi connectivity index (χ1v) is 17.2. The van der Waals surface area contributed by atoms with Gasteiger partial charge in [0.25, 0.3) is 0 Å². The summed E-state index contributed by atoms with van der Waals surface area (Å²) in [4.78, 5) is 6.95. The number of hydrogen-bond acceptors (Lipinski definition) is 7. The molecule has 9 heteroatoms. The van der Waals surface area contributed by atoms with E-state index in [0.717, 1.165) is 59.7 Å². The summed E-state index contributed by atoms with van der Waals surface area (Å²) in [6.45, 7) is 12.4. The molecule has 6 rings (SSSR count). The maximum Gasteiger partial charge on any atom is 0.170 e. The molecule has 222 valence electrons. The minimum atomic E-state index is -0.867. The maximum atomic E-state index is 16.0. The zero-order valence-corrected chi connectivity index (χ0v) is 27.2. The van der Waals surface area contributed by atoms with E-state index in [9.17, 15) is 0 Å². The lowest BCUT2D eigenvalue weighted by atomic mass is 10.0. The smallest absolute Gasteiger partial charge is 0.170 e. The lowest BCUT2D eigenvalue weighted by molar-refractivity contribution is 0.511. The van der Waals surface area contributed by atoms with Gasteiger partial charge in [-0.15, -0.1) is 23.1 Å². The largest absolute Gasteiger partial charge is 0.372 e. The Bertz CT molecular complexity index is 1750. The third-order valence-corrected chi connectivity index (χ3v) is 11.2. The molecule has 3 heterocycles. The van der Waals surface area contributed by atoms with Gasteiger partial charge in [0, 0.05) is 57.5 Å². The number of hydrogen-bond donors (Lipinski definition) is 0. The molecule has 0 saturated heterocycles. The number of fused-ring (bicyclic) bond motifs is 1. The molecule has 0 spiro atoms. The summed E-state index contributed by atoms with van der Waals surface area (Å²) < 4.78 is 40.9. The van der Waals surface area contributed by atoms with Crippen LogP contribution in [0.5, 0.6) is 0 Å². The van der Waals surface area contributed by atoms with Crippen molar-refractivity contribution in [3.63, 3.8) is 0 Å². The summed E-state index contributed by atoms with van der Waals surface area (Å²) in [7, 11) is 0. The maximum absolute atomic E-state index is 16.0. The van der Waals surface area contributed by atoms with E-state index >= 15 is 8.78 Å². The molecule has 0 amide bonds. The fourth-order valence-corrected chi connectivity index (χ4v) is 8.66. The van der Waals surface area contributed by atoms with Gasteiger partial charge in [-0.25, -0.2) is 8.78 Å². The van der Waals surface area contributed by atoms with Crippen molar-refractivity contribution in [1.29, 1.82) is 0 Å². The Morgan fingerprint density at radius 3 is 1.84 bits per heavy atom. The van der Waals surface area contributed by atoms with Crippen LogP contribution in [0.25, 0.3) is 36.8 Å². The Morgan fingerprint density at radius 1 is 0.698 bits per heavy atom. The highest BCUT2D eigenvalue weighted by atomic mass is 32.2. The lowest BCUT2D eigenvalue weighted by Gasteiger charge is -2.21. The van der Waals surface area contributed by atoms with Crippen LogP contribution in [0.2, 0.25) is 0 Å². The minimum absolute atomic E-state index is 0.137. The average molecular weight is 633 g/mol. The molecular weight excluding hydrogens is 599 g/mol. The number of halogens is 2. The predicted molar refractivity (Wildman–Crippen MR) is 183 cm³/mol. The topological polar surface area (TPSA) is 32.3 Å². The number of benzene rings is 3. The first-order valence-electron chi connectivity index (χ1n) is 14.8. The second-order valence-corrected chi connectivity index (χ2v) is 13.3. The van der Waals surface area contributed by atoms with Gasteiger partial charge in [-0.1, -0.05) is 30.3 Å². The van der Waals surface area contributed by atoms with E-state index in [1.165, 1.54) is 28.3 Å². The fraction of sp³-hybridized carbons (Fsp3) is 0.294. The summed E-state index contributed by atoms with van der Waals surface area (Å²) >= 11 is 4.01. The number of nitrogens with zero attached hydrogens (tertiary/aromatic N) is 4. The summed E-state index contributed by atoms with van der Waals surface area (Å²) in [5.41, 5.74) is 5.83. The van der Waals surface area contributed by atoms with E-state index < -0.39 is 11.6 Å². The van der Waals surface area contributed by atoms with E-state index in [1.54, 1.807) is 11.8 Å². The van der Waals surface area contributed by atoms with Crippen LogP contribution < -0.4 is 9.80 Å². The zero-order chi connectivity index (χ0) is 30.1. The highest BCUT2D eigenvalue weighted by Gasteiger charge is 2.30. The second-order valence-electron chi connectivity index (χ2n) is 10.4. The minimum Gasteiger partial charge on any atom is -0.372 e. The van der Waals surface area contributed by atoms with Crippen molar-refractivity contribution in [3.8, 4) is 20.9 Å². The number of allylic oxidation sites excluding steroid dienone is 1. The monoisotopic (exact) mass is 632 g/mol. The van der Waals surface area contributed by atoms with Crippen LogP contribution >= 0.6 is 34.8 Å². The fourth-order valence-electron chi connectivity index (χ4n) is 5.76. The molecule has 0 aliphatic carbocycles. The molecule has 1 aliphatic heterocycles. The van der Waals surface area contributed by atoms with Crippen LogP contribution in [-0.2, 0) is 0 Å². The van der Waals surface area contributed by atoms with Crippen LogP contribution in [0.3, 0.4) is 0 Å². The van der Waals surface area contributed by atoms with Crippen LogP contribution in [0.1, 0.15) is 50.5 Å². The van der Waals surface area contributed by atoms with Gasteiger partial charge in [0.05, 0.1) is 22.9 Å². The Hall–Kier alpha value is -3.27. The molecule has 4 nitrogen and oxygen atoms in total. The molecule has 1 atom stereocenters. The van der Waals surface area contributed by atoms with Crippen LogP contribution in [0.15, 0.2) is 66.7 Å². The highest BCUT2D eigenvalue weighted by molar-refractivity contribution is 8.08. The van der Waals surface area contributed by atoms with Gasteiger partial charge in [-0.05, 0) is 81.6 Å². The van der Waals surface area contributed by atoms with Gasteiger partial charge in [-0.2, -0.15) is 8.75 Å². The molecule has 0 N–H and O–H groups in total. The van der Waals surface area contributed by atoms with Crippen molar-refractivity contribution in [3.05, 3.63) is 89.5 Å². The summed E-state index contributed by atoms with van der Waals surface area (Å²) in [5, 5.41) is 0.137. The Morgan fingerprint density at radius 2 is 1.23 bits per heavy atom. The van der Waals surface area contributed by atoms with E-state index in [0.29, 0.717) is 15.9 Å². The van der Waals surface area contributed by atoms with E-state index in [2.05, 4.69) is 94.8 Å². The number of thiophene rings is 1. The molecule has 1 aliphatic rings. The second kappa shape index (κ2) is 12.8. The summed E-state index contributed by atoms with van der Waals surface area (Å²) in [5.74, 6) is -1.72. The summed E-state index contributed by atoms with van der Waals surface area (Å²) in [6.07, 6.45) is 2.75. The van der Waals surface area contributed by atoms with Crippen LogP contribution in [0, 0.1) is 11.6 Å². The van der Waals surface area contributed by atoms with Crippen molar-refractivity contribution >= 4 is 62.1 Å². The Labute approximate surface area is 264 Å². The number of aromatic nitrogens is 2. The molecule has 0 saturated carbocycles. The van der Waals surface area contributed by atoms with Crippen molar-refractivity contribution < 1.29 is 8.78 Å². The van der Waals surface area contributed by atoms with Crippen LogP contribution in [-0.4, -0.2) is 34.9 Å². The number of thioether (sulfide) groups is 1. The molecule has 3 aromatic carbocycles. The summed E-state index contributed by atoms with van der Waals surface area (Å²) in [6, 6.07) is 20.8. The van der Waals surface area contributed by atoms with E-state index in [-0.39, 0.29) is 16.4 Å². The number of anilines is 2. The quantitative estimate of drug-likeness (QED) is 0.153. The van der Waals surface area contributed by atoms with Gasteiger partial charge in [-0.3, -0.25) is 0 Å². The SMILES string of the molecule is CCN(CC)c1ccc(-c2ccc(-c3c(F)c(F)c(C4=CCC(c5ccc(N(CC)CC)cc5)S4)c4nsnc34)s2)cc1. The Kier molecular flexibility index (Phi) is 8.84. The first kappa shape index (κ1) is 29.8. The normalized spacial score (nSPS) is 14.8. The molecule has 0 bridgehead atoms. The molecule has 43 heavy (non-hydrogen) atoms. The first-order chi connectivity index (χ1) is 21.0. The standard InChI is InChI=1S/C34H34F2N4S3/c1-5-39(6-2)23-13-9-21(10-14-23)25-17-19-27(41-25)29-31(35)32(36)30(34-33(29)37-43-38-34)28-20-18-26(42-28)22-11-15-24(16-12-22)40(7-3)8-4/h9-17,19-20,26H,5-8,18H2,1-4H3. The molecule has 1 unspecified atom stereocenters. The molecular formula is C34H34F2N4S3. The van der Waals surface area contributed by atoms with E-state index in [1.807, 2.05) is 18.2 Å². The lowest BCUT2D eigenvalue weighted by Crippen LogP contribution is -2.21. The van der Waals surface area contributed by atoms with E-state index in [4.69, 9.17) is 0 Å². The van der Waals surface area contributed by atoms with Crippen molar-refractivity contribution in [2.45, 2.75) is 39.4 Å². The van der Waals surface area contributed by atoms with Gasteiger partial charge in [0.15, 0.2) is 11.6 Å². The van der Waals surface area contributed by atoms with Gasteiger partial charge in [0.1, 0.15) is 11.0 Å². The van der Waals surface area contributed by atoms with Crippen LogP contribution in [0.4, 0.5) is 20.2 Å². The highest BCUT2D eigenvalue weighted by Crippen LogP contribution is 2.51. The third-order valence-electron chi connectivity index (χ3n) is 8.15. The third kappa shape index (κ3) is 5.58. The van der Waals surface area contributed by atoms with Gasteiger partial charge in [0.2, 0.25) is 0 Å².